The first kappa shape index (κ1) is 11.6. The second kappa shape index (κ2) is 5.98. The predicted molar refractivity (Wildman–Crippen MR) is 57.6 cm³/mol. The molecule has 16 heavy (non-hydrogen) atoms. The van der Waals surface area contributed by atoms with E-state index in [1.54, 1.807) is 0 Å². The maximum atomic E-state index is 5.59. The third-order valence-electron chi connectivity index (χ3n) is 2.76. The van der Waals surface area contributed by atoms with Gasteiger partial charge < -0.3 is 19.7 Å². The Bertz CT molecular complexity index is 308. The Labute approximate surface area is 94.9 Å². The third kappa shape index (κ3) is 3.30. The van der Waals surface area contributed by atoms with Crippen LogP contribution in [0, 0.1) is 5.92 Å². The van der Waals surface area contributed by atoms with Crippen molar-refractivity contribution in [1.29, 1.82) is 0 Å². The molecule has 0 bridgehead atoms. The van der Waals surface area contributed by atoms with Crippen LogP contribution in [0.25, 0.3) is 0 Å². The summed E-state index contributed by atoms with van der Waals surface area (Å²) in [6.45, 7) is 3.36. The van der Waals surface area contributed by atoms with Gasteiger partial charge in [0.1, 0.15) is 6.61 Å². The van der Waals surface area contributed by atoms with Crippen molar-refractivity contribution in [2.24, 2.45) is 11.7 Å². The zero-order valence-electron chi connectivity index (χ0n) is 9.35. The van der Waals surface area contributed by atoms with E-state index in [1.807, 2.05) is 6.07 Å². The first-order chi connectivity index (χ1) is 7.88. The van der Waals surface area contributed by atoms with E-state index in [2.05, 4.69) is 5.16 Å². The Hall–Kier alpha value is -0.910. The third-order valence-corrected chi connectivity index (χ3v) is 2.76. The second-order valence-corrected chi connectivity index (χ2v) is 4.06. The number of nitrogens with zero attached hydrogens (tertiary/aromatic N) is 1. The summed E-state index contributed by atoms with van der Waals surface area (Å²) in [5.74, 6) is 1.36. The SMILES string of the molecule is NCc1cc(COCC2CCOCC2)on1. The molecular formula is C11H18N2O3. The minimum Gasteiger partial charge on any atom is -0.381 e. The summed E-state index contributed by atoms with van der Waals surface area (Å²) >= 11 is 0. The van der Waals surface area contributed by atoms with Crippen LogP contribution in [0.2, 0.25) is 0 Å². The van der Waals surface area contributed by atoms with Gasteiger partial charge >= 0.3 is 0 Å². The van der Waals surface area contributed by atoms with Gasteiger partial charge in [-0.3, -0.25) is 0 Å². The second-order valence-electron chi connectivity index (χ2n) is 4.06. The molecule has 1 fully saturated rings. The van der Waals surface area contributed by atoms with E-state index in [1.165, 1.54) is 0 Å². The van der Waals surface area contributed by atoms with Crippen LogP contribution in [-0.4, -0.2) is 25.0 Å². The Morgan fingerprint density at radius 1 is 1.44 bits per heavy atom. The Morgan fingerprint density at radius 3 is 2.94 bits per heavy atom. The number of hydrogen-bond acceptors (Lipinski definition) is 5. The average Bonchev–Trinajstić information content (AvgIpc) is 2.78. The van der Waals surface area contributed by atoms with E-state index in [0.29, 0.717) is 19.1 Å². The number of nitrogens with two attached hydrogens (primary N) is 1. The lowest BCUT2D eigenvalue weighted by Crippen LogP contribution is -2.20. The van der Waals surface area contributed by atoms with Gasteiger partial charge in [0.2, 0.25) is 0 Å². The van der Waals surface area contributed by atoms with Crippen molar-refractivity contribution in [3.05, 3.63) is 17.5 Å². The molecule has 0 spiro atoms. The fourth-order valence-corrected chi connectivity index (χ4v) is 1.76. The minimum atomic E-state index is 0.406. The van der Waals surface area contributed by atoms with Crippen molar-refractivity contribution in [2.45, 2.75) is 26.0 Å². The summed E-state index contributed by atoms with van der Waals surface area (Å²) < 4.78 is 15.9. The van der Waals surface area contributed by atoms with Crippen LogP contribution in [0.5, 0.6) is 0 Å². The highest BCUT2D eigenvalue weighted by Gasteiger charge is 2.14. The predicted octanol–water partition coefficient (Wildman–Crippen LogP) is 1.08. The van der Waals surface area contributed by atoms with E-state index in [4.69, 9.17) is 19.7 Å². The molecule has 2 N–H and O–H groups in total. The summed E-state index contributed by atoms with van der Waals surface area (Å²) in [5, 5.41) is 3.80. The fourth-order valence-electron chi connectivity index (χ4n) is 1.76. The van der Waals surface area contributed by atoms with Crippen LogP contribution in [-0.2, 0) is 22.6 Å². The molecule has 2 heterocycles. The quantitative estimate of drug-likeness (QED) is 0.813. The maximum absolute atomic E-state index is 5.59. The number of aromatic nitrogens is 1. The lowest BCUT2D eigenvalue weighted by atomic mass is 10.0. The zero-order valence-corrected chi connectivity index (χ0v) is 9.35. The summed E-state index contributed by atoms with van der Waals surface area (Å²) in [7, 11) is 0. The Kier molecular flexibility index (Phi) is 4.33. The highest BCUT2D eigenvalue weighted by molar-refractivity contribution is 5.03. The molecule has 1 aromatic rings. The van der Waals surface area contributed by atoms with E-state index in [9.17, 15) is 0 Å². The van der Waals surface area contributed by atoms with Crippen LogP contribution in [0.4, 0.5) is 0 Å². The first-order valence-corrected chi connectivity index (χ1v) is 5.68. The van der Waals surface area contributed by atoms with Crippen molar-refractivity contribution in [2.75, 3.05) is 19.8 Å². The smallest absolute Gasteiger partial charge is 0.162 e. The van der Waals surface area contributed by atoms with E-state index in [-0.39, 0.29) is 0 Å². The molecule has 5 heteroatoms. The molecule has 0 unspecified atom stereocenters. The highest BCUT2D eigenvalue weighted by Crippen LogP contribution is 2.15. The van der Waals surface area contributed by atoms with Gasteiger partial charge in [-0.2, -0.15) is 0 Å². The maximum Gasteiger partial charge on any atom is 0.162 e. The lowest BCUT2D eigenvalue weighted by molar-refractivity contribution is 0.0109. The van der Waals surface area contributed by atoms with E-state index < -0.39 is 0 Å². The van der Waals surface area contributed by atoms with Gasteiger partial charge in [-0.25, -0.2) is 0 Å². The van der Waals surface area contributed by atoms with Gasteiger partial charge in [-0.05, 0) is 18.8 Å². The average molecular weight is 226 g/mol. The van der Waals surface area contributed by atoms with Crippen molar-refractivity contribution >= 4 is 0 Å². The van der Waals surface area contributed by atoms with Crippen molar-refractivity contribution in [1.82, 2.24) is 5.16 Å². The Balaban J connectivity index is 1.66. The summed E-state index contributed by atoms with van der Waals surface area (Å²) in [6.07, 6.45) is 2.18. The summed E-state index contributed by atoms with van der Waals surface area (Å²) in [5.41, 5.74) is 6.20. The highest BCUT2D eigenvalue weighted by atomic mass is 16.5. The Morgan fingerprint density at radius 2 is 2.25 bits per heavy atom. The molecular weight excluding hydrogens is 208 g/mol. The molecule has 0 amide bonds. The molecule has 1 saturated heterocycles. The zero-order chi connectivity index (χ0) is 11.2. The van der Waals surface area contributed by atoms with Crippen molar-refractivity contribution < 1.29 is 14.0 Å². The standard InChI is InChI=1S/C11H18N2O3/c12-6-10-5-11(16-13-10)8-15-7-9-1-3-14-4-2-9/h5,9H,1-4,6-8,12H2. The molecule has 0 atom stereocenters. The molecule has 0 saturated carbocycles. The minimum absolute atomic E-state index is 0.406. The van der Waals surface area contributed by atoms with Crippen LogP contribution >= 0.6 is 0 Å². The molecule has 0 aromatic carbocycles. The van der Waals surface area contributed by atoms with Gasteiger partial charge in [0.15, 0.2) is 5.76 Å². The van der Waals surface area contributed by atoms with Crippen LogP contribution < -0.4 is 5.73 Å². The van der Waals surface area contributed by atoms with Gasteiger partial charge in [0, 0.05) is 25.8 Å². The van der Waals surface area contributed by atoms with Gasteiger partial charge in [-0.1, -0.05) is 5.16 Å². The van der Waals surface area contributed by atoms with Crippen molar-refractivity contribution in [3.8, 4) is 0 Å². The van der Waals surface area contributed by atoms with Crippen LogP contribution in [0.15, 0.2) is 10.6 Å². The number of ether oxygens (including phenoxy) is 2. The summed E-state index contributed by atoms with van der Waals surface area (Å²) in [4.78, 5) is 0. The normalized spacial score (nSPS) is 17.8. The number of rotatable bonds is 5. The molecule has 1 aromatic heterocycles. The lowest BCUT2D eigenvalue weighted by Gasteiger charge is -2.21. The molecule has 0 radical (unpaired) electrons. The topological polar surface area (TPSA) is 70.5 Å². The van der Waals surface area contributed by atoms with Gasteiger partial charge in [0.05, 0.1) is 12.3 Å². The molecule has 5 nitrogen and oxygen atoms in total. The van der Waals surface area contributed by atoms with Crippen LogP contribution in [0.1, 0.15) is 24.3 Å². The molecule has 2 rings (SSSR count). The van der Waals surface area contributed by atoms with E-state index in [0.717, 1.165) is 44.1 Å². The number of hydrogen-bond donors (Lipinski definition) is 1. The molecule has 0 aliphatic carbocycles. The van der Waals surface area contributed by atoms with Gasteiger partial charge in [0.25, 0.3) is 0 Å². The molecule has 1 aliphatic rings. The summed E-state index contributed by atoms with van der Waals surface area (Å²) in [6, 6.07) is 1.84. The largest absolute Gasteiger partial charge is 0.381 e. The molecule has 1 aliphatic heterocycles. The monoisotopic (exact) mass is 226 g/mol. The van der Waals surface area contributed by atoms with E-state index >= 15 is 0 Å². The van der Waals surface area contributed by atoms with Crippen LogP contribution in [0.3, 0.4) is 0 Å². The first-order valence-electron chi connectivity index (χ1n) is 5.68. The molecule has 90 valence electrons. The fraction of sp³-hybridized carbons (Fsp3) is 0.727. The van der Waals surface area contributed by atoms with Gasteiger partial charge in [-0.15, -0.1) is 0 Å². The van der Waals surface area contributed by atoms with Crippen molar-refractivity contribution in [3.63, 3.8) is 0 Å².